The lowest BCUT2D eigenvalue weighted by molar-refractivity contribution is -0.0458. The SMILES string of the molecule is O[C@@H]1COC2(CCN(Cc3coc(-c4ccccc4)n3)CC2)C1. The second kappa shape index (κ2) is 6.07. The highest BCUT2D eigenvalue weighted by Gasteiger charge is 2.42. The number of nitrogens with zero attached hydrogens (tertiary/aromatic N) is 2. The van der Waals surface area contributed by atoms with Crippen LogP contribution in [0.15, 0.2) is 41.0 Å². The molecular weight excluding hydrogens is 292 g/mol. The summed E-state index contributed by atoms with van der Waals surface area (Å²) in [6, 6.07) is 9.96. The number of ether oxygens (including phenoxy) is 1. The lowest BCUT2D eigenvalue weighted by Crippen LogP contribution is -2.43. The van der Waals surface area contributed by atoms with E-state index >= 15 is 0 Å². The van der Waals surface area contributed by atoms with E-state index in [1.165, 1.54) is 0 Å². The maximum Gasteiger partial charge on any atom is 0.226 e. The van der Waals surface area contributed by atoms with Crippen LogP contribution in [0.25, 0.3) is 11.5 Å². The van der Waals surface area contributed by atoms with Crippen molar-refractivity contribution in [3.8, 4) is 11.5 Å². The van der Waals surface area contributed by atoms with Gasteiger partial charge in [0.05, 0.1) is 24.0 Å². The zero-order valence-corrected chi connectivity index (χ0v) is 13.1. The van der Waals surface area contributed by atoms with Crippen molar-refractivity contribution in [2.24, 2.45) is 0 Å². The molecule has 1 N–H and O–H groups in total. The van der Waals surface area contributed by atoms with Crippen LogP contribution < -0.4 is 0 Å². The van der Waals surface area contributed by atoms with Crippen molar-refractivity contribution in [2.75, 3.05) is 19.7 Å². The fraction of sp³-hybridized carbons (Fsp3) is 0.500. The summed E-state index contributed by atoms with van der Waals surface area (Å²) < 4.78 is 11.4. The molecule has 0 aliphatic carbocycles. The Labute approximate surface area is 135 Å². The third-order valence-electron chi connectivity index (χ3n) is 4.91. The summed E-state index contributed by atoms with van der Waals surface area (Å²) in [6.45, 7) is 3.24. The van der Waals surface area contributed by atoms with E-state index in [2.05, 4.69) is 9.88 Å². The van der Waals surface area contributed by atoms with E-state index in [-0.39, 0.29) is 11.7 Å². The number of aliphatic hydroxyl groups excluding tert-OH is 1. The van der Waals surface area contributed by atoms with Gasteiger partial charge < -0.3 is 14.3 Å². The molecule has 1 aromatic carbocycles. The Kier molecular flexibility index (Phi) is 3.93. The molecule has 1 aromatic heterocycles. The maximum absolute atomic E-state index is 9.70. The van der Waals surface area contributed by atoms with Gasteiger partial charge in [0.15, 0.2) is 0 Å². The molecule has 2 aromatic rings. The first-order chi connectivity index (χ1) is 11.2. The van der Waals surface area contributed by atoms with E-state index in [4.69, 9.17) is 9.15 Å². The van der Waals surface area contributed by atoms with Crippen LogP contribution in [-0.2, 0) is 11.3 Å². The van der Waals surface area contributed by atoms with Crippen LogP contribution in [-0.4, -0.2) is 46.4 Å². The Bertz CT molecular complexity index is 647. The smallest absolute Gasteiger partial charge is 0.226 e. The molecule has 0 amide bonds. The van der Waals surface area contributed by atoms with Crippen LogP contribution in [0.4, 0.5) is 0 Å². The highest BCUT2D eigenvalue weighted by Crippen LogP contribution is 2.36. The van der Waals surface area contributed by atoms with Crippen molar-refractivity contribution in [1.82, 2.24) is 9.88 Å². The molecule has 1 atom stereocenters. The molecule has 0 bridgehead atoms. The van der Waals surface area contributed by atoms with E-state index in [1.54, 1.807) is 6.26 Å². The van der Waals surface area contributed by atoms with E-state index in [9.17, 15) is 5.11 Å². The quantitative estimate of drug-likeness (QED) is 0.943. The molecule has 5 nitrogen and oxygen atoms in total. The number of likely N-dealkylation sites (tertiary alicyclic amines) is 1. The van der Waals surface area contributed by atoms with Gasteiger partial charge in [0.2, 0.25) is 5.89 Å². The van der Waals surface area contributed by atoms with Crippen molar-refractivity contribution in [2.45, 2.75) is 37.5 Å². The molecule has 2 aliphatic heterocycles. The first-order valence-electron chi connectivity index (χ1n) is 8.27. The Morgan fingerprint density at radius 1 is 1.22 bits per heavy atom. The molecule has 2 fully saturated rings. The van der Waals surface area contributed by atoms with E-state index in [0.29, 0.717) is 12.5 Å². The lowest BCUT2D eigenvalue weighted by Gasteiger charge is -2.38. The van der Waals surface area contributed by atoms with E-state index in [1.807, 2.05) is 30.3 Å². The molecule has 1 spiro atoms. The van der Waals surface area contributed by atoms with Crippen molar-refractivity contribution in [3.05, 3.63) is 42.3 Å². The minimum Gasteiger partial charge on any atom is -0.444 e. The molecule has 2 aliphatic rings. The van der Waals surface area contributed by atoms with Gasteiger partial charge in [-0.25, -0.2) is 4.98 Å². The minimum absolute atomic E-state index is 0.0884. The fourth-order valence-electron chi connectivity index (χ4n) is 3.61. The molecule has 3 heterocycles. The number of hydrogen-bond donors (Lipinski definition) is 1. The molecule has 0 saturated carbocycles. The van der Waals surface area contributed by atoms with Crippen LogP contribution >= 0.6 is 0 Å². The summed E-state index contributed by atoms with van der Waals surface area (Å²) in [6.07, 6.45) is 4.21. The van der Waals surface area contributed by atoms with Gasteiger partial charge in [0, 0.05) is 31.6 Å². The molecule has 23 heavy (non-hydrogen) atoms. The largest absolute Gasteiger partial charge is 0.444 e. The number of rotatable bonds is 3. The summed E-state index contributed by atoms with van der Waals surface area (Å²) in [5, 5.41) is 9.70. The molecule has 0 unspecified atom stereocenters. The lowest BCUT2D eigenvalue weighted by atomic mass is 9.88. The first-order valence-corrected chi connectivity index (χ1v) is 8.27. The maximum atomic E-state index is 9.70. The van der Waals surface area contributed by atoms with Gasteiger partial charge in [-0.3, -0.25) is 4.90 Å². The predicted molar refractivity (Wildman–Crippen MR) is 85.8 cm³/mol. The van der Waals surface area contributed by atoms with Crippen LogP contribution in [0.2, 0.25) is 0 Å². The van der Waals surface area contributed by atoms with Crippen molar-refractivity contribution < 1.29 is 14.3 Å². The third kappa shape index (κ3) is 3.17. The Morgan fingerprint density at radius 3 is 2.70 bits per heavy atom. The summed E-state index contributed by atoms with van der Waals surface area (Å²) in [5.74, 6) is 0.677. The Hall–Kier alpha value is -1.69. The van der Waals surface area contributed by atoms with Gasteiger partial charge in [0.25, 0.3) is 0 Å². The molecule has 5 heteroatoms. The second-order valence-corrected chi connectivity index (χ2v) is 6.64. The molecule has 122 valence electrons. The van der Waals surface area contributed by atoms with Crippen LogP contribution in [0.5, 0.6) is 0 Å². The summed E-state index contributed by atoms with van der Waals surface area (Å²) in [7, 11) is 0. The average molecular weight is 314 g/mol. The topological polar surface area (TPSA) is 58.7 Å². The fourth-order valence-corrected chi connectivity index (χ4v) is 3.61. The number of piperidine rings is 1. The standard InChI is InChI=1S/C18H22N2O3/c21-16-10-18(23-13-16)6-8-20(9-7-18)11-15-12-22-17(19-15)14-4-2-1-3-5-14/h1-5,12,16,21H,6-11,13H2/t16-/m0/s1. The van der Waals surface area contributed by atoms with Gasteiger partial charge in [-0.1, -0.05) is 18.2 Å². The van der Waals surface area contributed by atoms with Gasteiger partial charge in [-0.05, 0) is 25.0 Å². The number of benzene rings is 1. The Balaban J connectivity index is 1.36. The zero-order valence-electron chi connectivity index (χ0n) is 13.1. The molecule has 2 saturated heterocycles. The zero-order chi connectivity index (χ0) is 15.7. The highest BCUT2D eigenvalue weighted by atomic mass is 16.5. The van der Waals surface area contributed by atoms with Gasteiger partial charge in [-0.2, -0.15) is 0 Å². The van der Waals surface area contributed by atoms with Crippen LogP contribution in [0, 0.1) is 0 Å². The van der Waals surface area contributed by atoms with Crippen LogP contribution in [0.3, 0.4) is 0 Å². The molecular formula is C18H22N2O3. The number of aliphatic hydroxyl groups is 1. The van der Waals surface area contributed by atoms with Crippen molar-refractivity contribution in [1.29, 1.82) is 0 Å². The van der Waals surface area contributed by atoms with Gasteiger partial charge in [-0.15, -0.1) is 0 Å². The summed E-state index contributed by atoms with van der Waals surface area (Å²) >= 11 is 0. The number of hydrogen-bond acceptors (Lipinski definition) is 5. The number of oxazole rings is 1. The Morgan fingerprint density at radius 2 is 2.00 bits per heavy atom. The average Bonchev–Trinajstić information content (AvgIpc) is 3.18. The van der Waals surface area contributed by atoms with E-state index < -0.39 is 0 Å². The second-order valence-electron chi connectivity index (χ2n) is 6.64. The minimum atomic E-state index is -0.287. The monoisotopic (exact) mass is 314 g/mol. The van der Waals surface area contributed by atoms with Gasteiger partial charge in [0.1, 0.15) is 6.26 Å². The van der Waals surface area contributed by atoms with Crippen molar-refractivity contribution >= 4 is 0 Å². The van der Waals surface area contributed by atoms with Crippen molar-refractivity contribution in [3.63, 3.8) is 0 Å². The van der Waals surface area contributed by atoms with E-state index in [0.717, 1.165) is 50.2 Å². The first kappa shape index (κ1) is 14.9. The molecule has 0 radical (unpaired) electrons. The normalized spacial score (nSPS) is 24.3. The highest BCUT2D eigenvalue weighted by molar-refractivity contribution is 5.52. The predicted octanol–water partition coefficient (Wildman–Crippen LogP) is 2.46. The van der Waals surface area contributed by atoms with Gasteiger partial charge >= 0.3 is 0 Å². The number of aromatic nitrogens is 1. The third-order valence-corrected chi connectivity index (χ3v) is 4.91. The van der Waals surface area contributed by atoms with Crippen LogP contribution in [0.1, 0.15) is 25.0 Å². The summed E-state index contributed by atoms with van der Waals surface area (Å²) in [5.41, 5.74) is 1.88. The molecule has 4 rings (SSSR count). The summed E-state index contributed by atoms with van der Waals surface area (Å²) in [4.78, 5) is 6.98.